The van der Waals surface area contributed by atoms with Gasteiger partial charge >= 0.3 is 0 Å². The summed E-state index contributed by atoms with van der Waals surface area (Å²) in [7, 11) is 1.55. The van der Waals surface area contributed by atoms with Gasteiger partial charge in [0.05, 0.1) is 18.5 Å². The molecular weight excluding hydrogens is 468 g/mol. The van der Waals surface area contributed by atoms with Gasteiger partial charge in [-0.15, -0.1) is 5.10 Å². The number of ether oxygens (including phenoxy) is 1. The molecule has 3 aromatic carbocycles. The second-order valence-electron chi connectivity index (χ2n) is 6.31. The van der Waals surface area contributed by atoms with Crippen LogP contribution in [-0.2, 0) is 0 Å². The molecule has 1 aromatic heterocycles. The average molecular weight is 484 g/mol. The molecule has 0 bridgehead atoms. The van der Waals surface area contributed by atoms with Gasteiger partial charge in [0.2, 0.25) is 5.82 Å². The van der Waals surface area contributed by atoms with Crippen LogP contribution in [0.4, 0.5) is 5.69 Å². The Morgan fingerprint density at radius 1 is 1.03 bits per heavy atom. The number of carbonyl (C=O) groups is 1. The Labute approximate surface area is 186 Å². The second kappa shape index (κ2) is 8.69. The molecule has 0 aliphatic rings. The van der Waals surface area contributed by atoms with E-state index in [0.717, 1.165) is 15.7 Å². The largest absolute Gasteiger partial charge is 0.495 e. The molecule has 6 nitrogen and oxygen atoms in total. The molecule has 0 aliphatic heterocycles. The van der Waals surface area contributed by atoms with E-state index in [1.807, 2.05) is 48.5 Å². The highest BCUT2D eigenvalue weighted by Gasteiger charge is 2.20. The summed E-state index contributed by atoms with van der Waals surface area (Å²) in [6.07, 6.45) is 0. The number of rotatable bonds is 5. The van der Waals surface area contributed by atoms with E-state index >= 15 is 0 Å². The van der Waals surface area contributed by atoms with Crippen molar-refractivity contribution in [3.05, 3.63) is 88.1 Å². The molecule has 4 rings (SSSR count). The molecule has 0 saturated heterocycles. The van der Waals surface area contributed by atoms with Crippen molar-refractivity contribution in [2.45, 2.75) is 0 Å². The van der Waals surface area contributed by atoms with Gasteiger partial charge in [0.1, 0.15) is 5.75 Å². The van der Waals surface area contributed by atoms with E-state index in [-0.39, 0.29) is 5.82 Å². The third-order valence-corrected chi connectivity index (χ3v) is 5.12. The molecule has 1 heterocycles. The average Bonchev–Trinajstić information content (AvgIpc) is 3.21. The Balaban J connectivity index is 1.75. The number of carbonyl (C=O) groups excluding carboxylic acids is 1. The third-order valence-electron chi connectivity index (χ3n) is 4.34. The summed E-state index contributed by atoms with van der Waals surface area (Å²) in [5.41, 5.74) is 2.09. The van der Waals surface area contributed by atoms with Crippen LogP contribution in [0, 0.1) is 0 Å². The van der Waals surface area contributed by atoms with Crippen LogP contribution in [0.1, 0.15) is 10.6 Å². The zero-order chi connectivity index (χ0) is 21.1. The molecule has 1 amide bonds. The minimum Gasteiger partial charge on any atom is -0.495 e. The van der Waals surface area contributed by atoms with Gasteiger partial charge in [-0.2, -0.15) is 0 Å². The number of hydrogen-bond donors (Lipinski definition) is 1. The van der Waals surface area contributed by atoms with Crippen molar-refractivity contribution in [2.24, 2.45) is 0 Å². The molecule has 0 radical (unpaired) electrons. The zero-order valence-corrected chi connectivity index (χ0v) is 18.2. The minimum atomic E-state index is -0.439. The summed E-state index contributed by atoms with van der Waals surface area (Å²) in [4.78, 5) is 17.4. The van der Waals surface area contributed by atoms with Gasteiger partial charge < -0.3 is 10.1 Å². The molecule has 0 fully saturated rings. The van der Waals surface area contributed by atoms with Gasteiger partial charge in [0.25, 0.3) is 5.91 Å². The molecule has 0 unspecified atom stereocenters. The first-order valence-electron chi connectivity index (χ1n) is 8.98. The first-order chi connectivity index (χ1) is 14.5. The number of anilines is 1. The van der Waals surface area contributed by atoms with Crippen LogP contribution in [-0.4, -0.2) is 27.8 Å². The molecule has 1 N–H and O–H groups in total. The third kappa shape index (κ3) is 4.22. The molecule has 0 spiro atoms. The Morgan fingerprint density at radius 3 is 2.43 bits per heavy atom. The number of nitrogens with zero attached hydrogens (tertiary/aromatic N) is 3. The summed E-state index contributed by atoms with van der Waals surface area (Å²) in [5, 5.41) is 7.88. The molecule has 30 heavy (non-hydrogen) atoms. The van der Waals surface area contributed by atoms with Gasteiger partial charge in [-0.3, -0.25) is 4.79 Å². The predicted octanol–water partition coefficient (Wildman–Crippen LogP) is 5.61. The monoisotopic (exact) mass is 482 g/mol. The molecule has 0 aliphatic carbocycles. The van der Waals surface area contributed by atoms with Gasteiger partial charge in [-0.05, 0) is 48.5 Å². The SMILES string of the molecule is COc1ccccc1NC(=O)c1nc(-c2ccc(Br)cc2)n(-c2ccc(Cl)cc2)n1. The van der Waals surface area contributed by atoms with Gasteiger partial charge in [0, 0.05) is 15.1 Å². The maximum atomic E-state index is 12.9. The maximum Gasteiger partial charge on any atom is 0.295 e. The van der Waals surface area contributed by atoms with E-state index in [0.29, 0.717) is 22.3 Å². The van der Waals surface area contributed by atoms with E-state index in [2.05, 4.69) is 31.3 Å². The van der Waals surface area contributed by atoms with Crippen LogP contribution in [0.5, 0.6) is 5.75 Å². The van der Waals surface area contributed by atoms with Crippen molar-refractivity contribution < 1.29 is 9.53 Å². The van der Waals surface area contributed by atoms with Crippen LogP contribution in [0.15, 0.2) is 77.3 Å². The Bertz CT molecular complexity index is 1130. The minimum absolute atomic E-state index is 0.0359. The first kappa shape index (κ1) is 20.1. The summed E-state index contributed by atoms with van der Waals surface area (Å²) in [5.74, 6) is 0.686. The fourth-order valence-corrected chi connectivity index (χ4v) is 3.27. The van der Waals surface area contributed by atoms with E-state index in [1.165, 1.54) is 0 Å². The van der Waals surface area contributed by atoms with E-state index in [9.17, 15) is 4.79 Å². The van der Waals surface area contributed by atoms with Crippen molar-refractivity contribution in [1.29, 1.82) is 0 Å². The number of amides is 1. The normalized spacial score (nSPS) is 10.6. The number of para-hydroxylation sites is 2. The number of aromatic nitrogens is 3. The Morgan fingerprint density at radius 2 is 1.73 bits per heavy atom. The number of methoxy groups -OCH3 is 1. The standard InChI is InChI=1S/C22H16BrClN4O2/c1-30-19-5-3-2-4-18(19)25-22(29)20-26-21(14-6-8-15(23)9-7-14)28(27-20)17-12-10-16(24)11-13-17/h2-13H,1H3,(H,25,29). The van der Waals surface area contributed by atoms with Gasteiger partial charge in [-0.1, -0.05) is 51.8 Å². The van der Waals surface area contributed by atoms with Crippen molar-refractivity contribution in [3.8, 4) is 22.8 Å². The van der Waals surface area contributed by atoms with Gasteiger partial charge in [-0.25, -0.2) is 9.67 Å². The Kier molecular flexibility index (Phi) is 5.83. The highest BCUT2D eigenvalue weighted by molar-refractivity contribution is 9.10. The van der Waals surface area contributed by atoms with Crippen molar-refractivity contribution >= 4 is 39.1 Å². The van der Waals surface area contributed by atoms with Crippen LogP contribution in [0.2, 0.25) is 5.02 Å². The zero-order valence-electron chi connectivity index (χ0n) is 15.8. The number of benzene rings is 3. The smallest absolute Gasteiger partial charge is 0.295 e. The fraction of sp³-hybridized carbons (Fsp3) is 0.0455. The number of hydrogen-bond acceptors (Lipinski definition) is 4. The Hall–Kier alpha value is -3.16. The fourth-order valence-electron chi connectivity index (χ4n) is 2.88. The predicted molar refractivity (Wildman–Crippen MR) is 120 cm³/mol. The summed E-state index contributed by atoms with van der Waals surface area (Å²) in [6.45, 7) is 0. The number of halogens is 2. The second-order valence-corrected chi connectivity index (χ2v) is 7.66. The lowest BCUT2D eigenvalue weighted by molar-refractivity contribution is 0.101. The van der Waals surface area contributed by atoms with Crippen molar-refractivity contribution in [3.63, 3.8) is 0 Å². The quantitative estimate of drug-likeness (QED) is 0.400. The molecule has 0 saturated carbocycles. The maximum absolute atomic E-state index is 12.9. The molecule has 150 valence electrons. The van der Waals surface area contributed by atoms with Crippen LogP contribution >= 0.6 is 27.5 Å². The molecule has 0 atom stereocenters. The summed E-state index contributed by atoms with van der Waals surface area (Å²) < 4.78 is 7.86. The van der Waals surface area contributed by atoms with Crippen LogP contribution in [0.25, 0.3) is 17.1 Å². The summed E-state index contributed by atoms with van der Waals surface area (Å²) >= 11 is 9.46. The van der Waals surface area contributed by atoms with Gasteiger partial charge in [0.15, 0.2) is 5.82 Å². The molecular formula is C22H16BrClN4O2. The topological polar surface area (TPSA) is 69.0 Å². The van der Waals surface area contributed by atoms with Crippen molar-refractivity contribution in [2.75, 3.05) is 12.4 Å². The van der Waals surface area contributed by atoms with E-state index < -0.39 is 5.91 Å². The lowest BCUT2D eigenvalue weighted by Gasteiger charge is -2.08. The highest BCUT2D eigenvalue weighted by atomic mass is 79.9. The van der Waals surface area contributed by atoms with Crippen molar-refractivity contribution in [1.82, 2.24) is 14.8 Å². The lowest BCUT2D eigenvalue weighted by atomic mass is 10.2. The number of nitrogens with one attached hydrogen (secondary N) is 1. The molecule has 4 aromatic rings. The van der Waals surface area contributed by atoms with E-state index in [1.54, 1.807) is 36.1 Å². The van der Waals surface area contributed by atoms with Crippen LogP contribution in [0.3, 0.4) is 0 Å². The van der Waals surface area contributed by atoms with Crippen LogP contribution < -0.4 is 10.1 Å². The van der Waals surface area contributed by atoms with E-state index in [4.69, 9.17) is 16.3 Å². The lowest BCUT2D eigenvalue weighted by Crippen LogP contribution is -2.14. The first-order valence-corrected chi connectivity index (χ1v) is 10.2. The summed E-state index contributed by atoms with van der Waals surface area (Å²) in [6, 6.07) is 21.9. The highest BCUT2D eigenvalue weighted by Crippen LogP contribution is 2.26. The molecule has 8 heteroatoms.